The summed E-state index contributed by atoms with van der Waals surface area (Å²) in [5.41, 5.74) is 6.90. The van der Waals surface area contributed by atoms with Crippen LogP contribution in [-0.2, 0) is 11.2 Å². The van der Waals surface area contributed by atoms with E-state index in [1.165, 1.54) is 6.07 Å². The van der Waals surface area contributed by atoms with Crippen LogP contribution in [0.4, 0.5) is 4.39 Å². The molecule has 7 heteroatoms. The maximum atomic E-state index is 13.9. The number of carbonyl (C=O) groups is 1. The molecular formula is C18H23ClFN3O2. The number of nitrogens with two attached hydrogens (primary N) is 1. The van der Waals surface area contributed by atoms with E-state index < -0.39 is 11.4 Å². The summed E-state index contributed by atoms with van der Waals surface area (Å²) >= 11 is 0. The van der Waals surface area contributed by atoms with Crippen LogP contribution in [0.5, 0.6) is 0 Å². The van der Waals surface area contributed by atoms with E-state index >= 15 is 0 Å². The maximum absolute atomic E-state index is 13.9. The van der Waals surface area contributed by atoms with Crippen LogP contribution in [-0.4, -0.2) is 34.9 Å². The molecule has 0 aliphatic carbocycles. The van der Waals surface area contributed by atoms with E-state index in [4.69, 9.17) is 5.73 Å². The number of halogens is 2. The number of fused-ring (bicyclic) bond motifs is 1. The second kappa shape index (κ2) is 7.97. The van der Waals surface area contributed by atoms with Gasteiger partial charge in [-0.2, -0.15) is 0 Å². The lowest BCUT2D eigenvalue weighted by Crippen LogP contribution is -2.42. The molecule has 1 aromatic heterocycles. The number of benzene rings is 1. The molecule has 0 atom stereocenters. The Morgan fingerprint density at radius 3 is 2.72 bits per heavy atom. The number of carbonyl (C=O) groups excluding carboxylic acids is 1. The molecule has 0 spiro atoms. The number of aromatic nitrogens is 1. The van der Waals surface area contributed by atoms with E-state index in [0.29, 0.717) is 37.0 Å². The molecule has 3 N–H and O–H groups in total. The Balaban J connectivity index is 0.00000225. The largest absolute Gasteiger partial charge is 0.343 e. The van der Waals surface area contributed by atoms with Gasteiger partial charge < -0.3 is 15.6 Å². The number of H-pyrrole nitrogens is 1. The van der Waals surface area contributed by atoms with E-state index in [-0.39, 0.29) is 29.7 Å². The number of pyridine rings is 1. The molecule has 1 aliphatic rings. The highest BCUT2D eigenvalue weighted by Gasteiger charge is 2.20. The Kier molecular flexibility index (Phi) is 6.19. The van der Waals surface area contributed by atoms with Crippen LogP contribution in [0, 0.1) is 12.7 Å². The number of piperidine rings is 1. The molecule has 1 fully saturated rings. The van der Waals surface area contributed by atoms with Crippen molar-refractivity contribution in [3.63, 3.8) is 0 Å². The molecule has 1 amide bonds. The van der Waals surface area contributed by atoms with Crippen LogP contribution in [0.25, 0.3) is 10.8 Å². The van der Waals surface area contributed by atoms with Crippen molar-refractivity contribution in [2.24, 2.45) is 5.73 Å². The summed E-state index contributed by atoms with van der Waals surface area (Å²) in [4.78, 5) is 29.0. The average Bonchev–Trinajstić information content (AvgIpc) is 2.56. The Morgan fingerprint density at radius 2 is 2.04 bits per heavy atom. The molecule has 1 aliphatic heterocycles. The van der Waals surface area contributed by atoms with E-state index in [0.717, 1.165) is 18.4 Å². The lowest BCUT2D eigenvalue weighted by Gasteiger charge is -2.30. The number of hydrogen-bond donors (Lipinski definition) is 2. The molecule has 3 rings (SSSR count). The van der Waals surface area contributed by atoms with Crippen LogP contribution < -0.4 is 11.3 Å². The lowest BCUT2D eigenvalue weighted by molar-refractivity contribution is -0.132. The Bertz CT molecular complexity index is 829. The van der Waals surface area contributed by atoms with Gasteiger partial charge in [0.05, 0.1) is 5.39 Å². The van der Waals surface area contributed by atoms with Gasteiger partial charge in [-0.15, -0.1) is 12.4 Å². The van der Waals surface area contributed by atoms with E-state index in [9.17, 15) is 14.0 Å². The molecule has 0 radical (unpaired) electrons. The van der Waals surface area contributed by atoms with E-state index in [1.54, 1.807) is 12.1 Å². The third kappa shape index (κ3) is 4.19. The predicted octanol–water partition coefficient (Wildman–Crippen LogP) is 2.28. The van der Waals surface area contributed by atoms with Gasteiger partial charge >= 0.3 is 0 Å². The van der Waals surface area contributed by atoms with Crippen molar-refractivity contribution >= 4 is 29.1 Å². The smallest absolute Gasteiger partial charge is 0.259 e. The van der Waals surface area contributed by atoms with Crippen molar-refractivity contribution in [1.82, 2.24) is 9.88 Å². The lowest BCUT2D eigenvalue weighted by atomic mass is 10.0. The van der Waals surface area contributed by atoms with Crippen molar-refractivity contribution in [3.8, 4) is 0 Å². The fourth-order valence-electron chi connectivity index (χ4n) is 3.22. The van der Waals surface area contributed by atoms with Crippen LogP contribution >= 0.6 is 12.4 Å². The molecule has 2 heterocycles. The third-order valence-corrected chi connectivity index (χ3v) is 4.73. The molecule has 0 saturated carbocycles. The van der Waals surface area contributed by atoms with Gasteiger partial charge in [0.1, 0.15) is 5.82 Å². The van der Waals surface area contributed by atoms with Crippen molar-refractivity contribution in [2.45, 2.75) is 38.6 Å². The van der Waals surface area contributed by atoms with Crippen molar-refractivity contribution in [3.05, 3.63) is 45.6 Å². The number of hydrogen-bond acceptors (Lipinski definition) is 3. The minimum atomic E-state index is -0.524. The van der Waals surface area contributed by atoms with Crippen LogP contribution in [0.2, 0.25) is 0 Å². The predicted molar refractivity (Wildman–Crippen MR) is 98.6 cm³/mol. The highest BCUT2D eigenvalue weighted by atomic mass is 35.5. The minimum Gasteiger partial charge on any atom is -0.343 e. The highest BCUT2D eigenvalue weighted by Crippen LogP contribution is 2.19. The summed E-state index contributed by atoms with van der Waals surface area (Å²) in [5.74, 6) is -0.456. The van der Waals surface area contributed by atoms with Crippen molar-refractivity contribution < 1.29 is 9.18 Å². The topological polar surface area (TPSA) is 79.2 Å². The number of nitrogens with one attached hydrogen (secondary N) is 1. The number of nitrogens with zero attached hydrogens (tertiary/aromatic N) is 1. The Labute approximate surface area is 151 Å². The quantitative estimate of drug-likeness (QED) is 0.873. The van der Waals surface area contributed by atoms with Crippen molar-refractivity contribution in [1.29, 1.82) is 0 Å². The van der Waals surface area contributed by atoms with Crippen LogP contribution in [0.3, 0.4) is 0 Å². The fraction of sp³-hybridized carbons (Fsp3) is 0.444. The third-order valence-electron chi connectivity index (χ3n) is 4.73. The van der Waals surface area contributed by atoms with Gasteiger partial charge in [0.25, 0.3) is 5.56 Å². The molecule has 136 valence electrons. The summed E-state index contributed by atoms with van der Waals surface area (Å²) in [5, 5.41) is 0.681. The summed E-state index contributed by atoms with van der Waals surface area (Å²) < 4.78 is 13.9. The SMILES string of the molecule is Cc1ccc(F)c2c(=O)[nH]c(CCC(=O)N3CCC(N)CC3)cc12.Cl. The molecule has 1 aromatic carbocycles. The van der Waals surface area contributed by atoms with Gasteiger partial charge in [0.15, 0.2) is 0 Å². The zero-order valence-corrected chi connectivity index (χ0v) is 15.0. The molecule has 25 heavy (non-hydrogen) atoms. The van der Waals surface area contributed by atoms with Gasteiger partial charge in [0.2, 0.25) is 5.91 Å². The van der Waals surface area contributed by atoms with Gasteiger partial charge in [-0.25, -0.2) is 4.39 Å². The van der Waals surface area contributed by atoms with Crippen molar-refractivity contribution in [2.75, 3.05) is 13.1 Å². The first-order valence-electron chi connectivity index (χ1n) is 8.30. The standard InChI is InChI=1S/C18H22FN3O2.ClH/c1-11-2-4-15(19)17-14(11)10-13(21-18(17)24)3-5-16(23)22-8-6-12(20)7-9-22;/h2,4,10,12H,3,5-9,20H2,1H3,(H,21,24);1H. The first kappa shape index (κ1) is 19.4. The minimum absolute atomic E-state index is 0. The number of aromatic amines is 1. The molecule has 2 aromatic rings. The molecular weight excluding hydrogens is 345 g/mol. The molecule has 0 unspecified atom stereocenters. The van der Waals surface area contributed by atoms with Crippen LogP contribution in [0.1, 0.15) is 30.5 Å². The first-order chi connectivity index (χ1) is 11.5. The summed E-state index contributed by atoms with van der Waals surface area (Å²) in [6, 6.07) is 4.91. The van der Waals surface area contributed by atoms with Gasteiger partial charge in [-0.3, -0.25) is 9.59 Å². The maximum Gasteiger partial charge on any atom is 0.259 e. The number of aryl methyl sites for hydroxylation is 2. The number of amides is 1. The monoisotopic (exact) mass is 367 g/mol. The number of rotatable bonds is 3. The molecule has 0 bridgehead atoms. The summed E-state index contributed by atoms with van der Waals surface area (Å²) in [6.07, 6.45) is 2.42. The Hall–Kier alpha value is -1.92. The van der Waals surface area contributed by atoms with Gasteiger partial charge in [-0.1, -0.05) is 6.07 Å². The second-order valence-electron chi connectivity index (χ2n) is 6.49. The van der Waals surface area contributed by atoms with E-state index in [1.807, 2.05) is 11.8 Å². The van der Waals surface area contributed by atoms with Gasteiger partial charge in [-0.05, 0) is 49.3 Å². The molecule has 1 saturated heterocycles. The molecule has 5 nitrogen and oxygen atoms in total. The van der Waals surface area contributed by atoms with Gasteiger partial charge in [0, 0.05) is 31.2 Å². The Morgan fingerprint density at radius 1 is 1.36 bits per heavy atom. The zero-order valence-electron chi connectivity index (χ0n) is 14.2. The summed E-state index contributed by atoms with van der Waals surface area (Å²) in [6.45, 7) is 3.23. The highest BCUT2D eigenvalue weighted by molar-refractivity contribution is 5.86. The normalized spacial score (nSPS) is 15.2. The fourth-order valence-corrected chi connectivity index (χ4v) is 3.22. The number of likely N-dealkylation sites (tertiary alicyclic amines) is 1. The zero-order chi connectivity index (χ0) is 17.3. The average molecular weight is 368 g/mol. The van der Waals surface area contributed by atoms with Crippen LogP contribution in [0.15, 0.2) is 23.0 Å². The summed E-state index contributed by atoms with van der Waals surface area (Å²) in [7, 11) is 0. The van der Waals surface area contributed by atoms with E-state index in [2.05, 4.69) is 4.98 Å². The first-order valence-corrected chi connectivity index (χ1v) is 8.30. The second-order valence-corrected chi connectivity index (χ2v) is 6.49.